The van der Waals surface area contributed by atoms with Crippen LogP contribution in [0.5, 0.6) is 12.0 Å². The number of carbonyl (C=O) groups excluding carboxylic acids is 2. The third-order valence-corrected chi connectivity index (χ3v) is 10.7. The number of aromatic nitrogens is 6. The summed E-state index contributed by atoms with van der Waals surface area (Å²) < 4.78 is 22.9. The van der Waals surface area contributed by atoms with E-state index >= 15 is 0 Å². The zero-order chi connectivity index (χ0) is 43.1. The van der Waals surface area contributed by atoms with E-state index in [2.05, 4.69) is 53.8 Å². The number of likely N-dealkylation sites (tertiary alicyclic amines) is 2. The Morgan fingerprint density at radius 1 is 0.644 bits per heavy atom. The van der Waals surface area contributed by atoms with Crippen LogP contribution in [0.4, 0.5) is 21.5 Å². The maximum absolute atomic E-state index is 12.3. The van der Waals surface area contributed by atoms with Gasteiger partial charge in [0.15, 0.2) is 0 Å². The Morgan fingerprint density at radius 2 is 1.05 bits per heavy atom. The zero-order valence-electron chi connectivity index (χ0n) is 36.4. The summed E-state index contributed by atoms with van der Waals surface area (Å²) in [5.41, 5.74) is -1.04. The Bertz CT molecular complexity index is 1770. The molecule has 0 unspecified atom stereocenters. The molecule has 4 atom stereocenters. The van der Waals surface area contributed by atoms with Crippen LogP contribution in [0.1, 0.15) is 86.9 Å². The highest BCUT2D eigenvalue weighted by Gasteiger charge is 2.32. The van der Waals surface area contributed by atoms with Gasteiger partial charge in [-0.25, -0.2) is 9.59 Å². The van der Waals surface area contributed by atoms with E-state index < -0.39 is 11.2 Å². The minimum atomic E-state index is -0.527. The number of nitrogens with zero attached hydrogens (tertiary/aromatic N) is 13. The molecule has 59 heavy (non-hydrogen) atoms. The van der Waals surface area contributed by atoms with Gasteiger partial charge in [-0.1, -0.05) is 0 Å². The standard InChI is InChI=1S/C20H31N7O3.C19H31ClN6O3/c1-14(15-7-6-8-25(15)5)29-18-23-16(13-21)22-17(24-18)26-9-11-27(12-10-26)19(28)30-20(2,3)4;1-13(14-7-6-8-24(14)5)28-17-22-15(20)21-16(23-17)25-9-11-26(12-10-25)18(27)29-19(2,3)4/h14-15H,6-12H2,1-5H3;13-14H,6-12H2,1-5H3/t14-,15-;13-,14-/m00/s1. The first-order chi connectivity index (χ1) is 27.8. The number of hydrogen-bond donors (Lipinski definition) is 0. The van der Waals surface area contributed by atoms with E-state index in [4.69, 9.17) is 30.5 Å². The van der Waals surface area contributed by atoms with E-state index in [9.17, 15) is 14.9 Å². The average molecular weight is 844 g/mol. The number of nitriles is 1. The van der Waals surface area contributed by atoms with E-state index in [1.54, 1.807) is 9.80 Å². The van der Waals surface area contributed by atoms with Crippen molar-refractivity contribution >= 4 is 35.7 Å². The molecule has 2 aromatic rings. The Kier molecular flexibility index (Phi) is 15.2. The zero-order valence-corrected chi connectivity index (χ0v) is 37.1. The van der Waals surface area contributed by atoms with E-state index in [-0.39, 0.29) is 47.5 Å². The number of ether oxygens (including phenoxy) is 4. The third kappa shape index (κ3) is 13.2. The normalized spacial score (nSPS) is 21.6. The fraction of sp³-hybridized carbons (Fsp3) is 0.769. The number of carbonyl (C=O) groups is 2. The molecule has 4 saturated heterocycles. The molecule has 0 aromatic carbocycles. The van der Waals surface area contributed by atoms with Crippen molar-refractivity contribution < 1.29 is 28.5 Å². The van der Waals surface area contributed by atoms with E-state index in [1.807, 2.05) is 71.3 Å². The summed E-state index contributed by atoms with van der Waals surface area (Å²) >= 11 is 6.13. The lowest BCUT2D eigenvalue weighted by molar-refractivity contribution is 0.0229. The summed E-state index contributed by atoms with van der Waals surface area (Å²) in [5.74, 6) is 0.889. The van der Waals surface area contributed by atoms with Crippen molar-refractivity contribution in [3.8, 4) is 18.1 Å². The van der Waals surface area contributed by atoms with Crippen LogP contribution in [0.3, 0.4) is 0 Å². The Morgan fingerprint density at radius 3 is 1.42 bits per heavy atom. The van der Waals surface area contributed by atoms with Gasteiger partial charge in [-0.15, -0.1) is 0 Å². The Labute approximate surface area is 353 Å². The molecule has 6 rings (SSSR count). The first-order valence-corrected chi connectivity index (χ1v) is 20.9. The highest BCUT2D eigenvalue weighted by molar-refractivity contribution is 6.28. The van der Waals surface area contributed by atoms with Gasteiger partial charge in [0.25, 0.3) is 0 Å². The summed E-state index contributed by atoms with van der Waals surface area (Å²) in [6.45, 7) is 21.5. The number of piperazine rings is 2. The highest BCUT2D eigenvalue weighted by Crippen LogP contribution is 2.25. The molecule has 0 saturated carbocycles. The van der Waals surface area contributed by atoms with E-state index in [0.29, 0.717) is 76.3 Å². The second-order valence-electron chi connectivity index (χ2n) is 17.5. The van der Waals surface area contributed by atoms with Crippen molar-refractivity contribution in [2.75, 3.05) is 89.3 Å². The number of likely N-dealkylation sites (N-methyl/N-ethyl adjacent to an activating group) is 2. The second-order valence-corrected chi connectivity index (χ2v) is 17.8. The van der Waals surface area contributed by atoms with E-state index in [0.717, 1.165) is 32.4 Å². The van der Waals surface area contributed by atoms with Gasteiger partial charge < -0.3 is 38.5 Å². The largest absolute Gasteiger partial charge is 0.459 e. The van der Waals surface area contributed by atoms with Gasteiger partial charge in [-0.05, 0) is 120 Å². The van der Waals surface area contributed by atoms with Crippen molar-refractivity contribution in [3.05, 3.63) is 11.1 Å². The van der Waals surface area contributed by atoms with Gasteiger partial charge in [0, 0.05) is 64.4 Å². The average Bonchev–Trinajstić information content (AvgIpc) is 3.81. The monoisotopic (exact) mass is 843 g/mol. The first-order valence-electron chi connectivity index (χ1n) is 20.6. The quantitative estimate of drug-likeness (QED) is 0.369. The first kappa shape index (κ1) is 45.5. The fourth-order valence-electron chi connectivity index (χ4n) is 7.48. The Balaban J connectivity index is 0.000000224. The molecule has 0 N–H and O–H groups in total. The molecular weight excluding hydrogens is 782 g/mol. The molecule has 0 aliphatic carbocycles. The van der Waals surface area contributed by atoms with Crippen LogP contribution in [-0.4, -0.2) is 177 Å². The smallest absolute Gasteiger partial charge is 0.410 e. The van der Waals surface area contributed by atoms with Crippen LogP contribution in [0, 0.1) is 11.3 Å². The second kappa shape index (κ2) is 19.7. The van der Waals surface area contributed by atoms with Crippen LogP contribution in [0.15, 0.2) is 0 Å². The third-order valence-electron chi connectivity index (χ3n) is 10.5. The van der Waals surface area contributed by atoms with Crippen LogP contribution < -0.4 is 19.3 Å². The highest BCUT2D eigenvalue weighted by atomic mass is 35.5. The van der Waals surface area contributed by atoms with Gasteiger partial charge in [-0.3, -0.25) is 9.80 Å². The molecule has 4 aliphatic rings. The molecule has 0 spiro atoms. The summed E-state index contributed by atoms with van der Waals surface area (Å²) in [4.78, 5) is 62.0. The van der Waals surface area contributed by atoms with Gasteiger partial charge in [0.1, 0.15) is 29.5 Å². The summed E-state index contributed by atoms with van der Waals surface area (Å²) in [7, 11) is 4.19. The summed E-state index contributed by atoms with van der Waals surface area (Å²) in [6.07, 6.45) is 3.70. The molecular formula is C39H62ClN13O6. The summed E-state index contributed by atoms with van der Waals surface area (Å²) in [5, 5.41) is 9.44. The molecule has 19 nitrogen and oxygen atoms in total. The number of hydrogen-bond acceptors (Lipinski definition) is 17. The van der Waals surface area contributed by atoms with Gasteiger partial charge in [0.2, 0.25) is 23.0 Å². The molecule has 20 heteroatoms. The molecule has 6 heterocycles. The van der Waals surface area contributed by atoms with Crippen molar-refractivity contribution in [1.82, 2.24) is 49.5 Å². The molecule has 0 radical (unpaired) electrons. The Hall–Kier alpha value is -4.54. The lowest BCUT2D eigenvalue weighted by atomic mass is 10.1. The van der Waals surface area contributed by atoms with Gasteiger partial charge >= 0.3 is 24.2 Å². The number of rotatable bonds is 8. The molecule has 2 amide bonds. The molecule has 2 aromatic heterocycles. The van der Waals surface area contributed by atoms with Gasteiger partial charge in [0.05, 0.1) is 0 Å². The molecule has 4 aliphatic heterocycles. The van der Waals surface area contributed by atoms with Crippen molar-refractivity contribution in [1.29, 1.82) is 5.26 Å². The number of amides is 2. The number of anilines is 2. The van der Waals surface area contributed by atoms with Crippen molar-refractivity contribution in [3.63, 3.8) is 0 Å². The minimum absolute atomic E-state index is 0.0246. The van der Waals surface area contributed by atoms with Crippen LogP contribution in [0.2, 0.25) is 5.28 Å². The SMILES string of the molecule is C[C@H](Oc1nc(C#N)nc(N2CCN(C(=O)OC(C)(C)C)CC2)n1)[C@@H]1CCCN1C.C[C@H](Oc1nc(Cl)nc(N2CCN(C(=O)OC(C)(C)C)CC2)n1)[C@@H]1CCCN1C. The maximum Gasteiger partial charge on any atom is 0.410 e. The van der Waals surface area contributed by atoms with Crippen LogP contribution >= 0.6 is 11.6 Å². The fourth-order valence-corrected chi connectivity index (χ4v) is 7.63. The van der Waals surface area contributed by atoms with E-state index in [1.165, 1.54) is 6.42 Å². The van der Waals surface area contributed by atoms with Crippen LogP contribution in [0.25, 0.3) is 0 Å². The topological polar surface area (TPSA) is 192 Å². The van der Waals surface area contributed by atoms with Crippen molar-refractivity contribution in [2.24, 2.45) is 0 Å². The number of halogens is 1. The van der Waals surface area contributed by atoms with Crippen LogP contribution in [-0.2, 0) is 9.47 Å². The predicted molar refractivity (Wildman–Crippen MR) is 221 cm³/mol. The van der Waals surface area contributed by atoms with Crippen molar-refractivity contribution in [2.45, 2.75) is 117 Å². The molecule has 326 valence electrons. The summed E-state index contributed by atoms with van der Waals surface area (Å²) in [6, 6.07) is 3.03. The maximum atomic E-state index is 12.3. The predicted octanol–water partition coefficient (Wildman–Crippen LogP) is 4.11. The molecule has 4 fully saturated rings. The lowest BCUT2D eigenvalue weighted by Gasteiger charge is -2.35. The minimum Gasteiger partial charge on any atom is -0.459 e. The molecule has 0 bridgehead atoms. The lowest BCUT2D eigenvalue weighted by Crippen LogP contribution is -2.50. The van der Waals surface area contributed by atoms with Gasteiger partial charge in [-0.2, -0.15) is 35.2 Å².